The molecule has 6 nitrogen and oxygen atoms in total. The van der Waals surface area contributed by atoms with Gasteiger partial charge in [-0.25, -0.2) is 0 Å². The minimum Gasteiger partial charge on any atom is -0.492 e. The number of nitrogens with one attached hydrogen (secondary N) is 2. The largest absolute Gasteiger partial charge is 0.492 e. The van der Waals surface area contributed by atoms with Gasteiger partial charge in [-0.15, -0.1) is 35.3 Å². The number of para-hydroxylation sites is 1. The second kappa shape index (κ2) is 13.8. The van der Waals surface area contributed by atoms with Gasteiger partial charge in [-0.2, -0.15) is 0 Å². The zero-order chi connectivity index (χ0) is 20.3. The molecule has 1 saturated heterocycles. The van der Waals surface area contributed by atoms with Crippen molar-refractivity contribution in [3.63, 3.8) is 0 Å². The van der Waals surface area contributed by atoms with Crippen LogP contribution < -0.4 is 15.4 Å². The van der Waals surface area contributed by atoms with E-state index >= 15 is 0 Å². The van der Waals surface area contributed by atoms with Crippen LogP contribution >= 0.6 is 35.3 Å². The van der Waals surface area contributed by atoms with Crippen molar-refractivity contribution < 1.29 is 9.47 Å². The van der Waals surface area contributed by atoms with E-state index in [2.05, 4.69) is 51.0 Å². The second-order valence-corrected chi connectivity index (χ2v) is 8.11. The molecule has 3 rings (SSSR count). The van der Waals surface area contributed by atoms with E-state index in [4.69, 9.17) is 9.47 Å². The lowest BCUT2D eigenvalue weighted by Crippen LogP contribution is -2.39. The summed E-state index contributed by atoms with van der Waals surface area (Å²) in [7, 11) is 1.80. The van der Waals surface area contributed by atoms with Crippen molar-refractivity contribution in [1.29, 1.82) is 0 Å². The maximum Gasteiger partial charge on any atom is 0.191 e. The lowest BCUT2D eigenvalue weighted by atomic mass is 10.1. The van der Waals surface area contributed by atoms with Gasteiger partial charge in [0.05, 0.1) is 13.2 Å². The van der Waals surface area contributed by atoms with Crippen LogP contribution in [0.15, 0.2) is 46.8 Å². The van der Waals surface area contributed by atoms with E-state index in [-0.39, 0.29) is 24.0 Å². The number of halogens is 1. The number of morpholine rings is 1. The lowest BCUT2D eigenvalue weighted by Gasteiger charge is -2.26. The van der Waals surface area contributed by atoms with E-state index in [9.17, 15) is 0 Å². The molecule has 0 amide bonds. The molecule has 1 aromatic heterocycles. The van der Waals surface area contributed by atoms with E-state index in [0.29, 0.717) is 19.1 Å². The van der Waals surface area contributed by atoms with E-state index in [1.165, 1.54) is 4.88 Å². The molecule has 166 valence electrons. The molecule has 2 heterocycles. The Labute approximate surface area is 201 Å². The number of rotatable bonds is 9. The Morgan fingerprint density at radius 1 is 1.20 bits per heavy atom. The first-order valence-corrected chi connectivity index (χ1v) is 11.1. The van der Waals surface area contributed by atoms with Crippen molar-refractivity contribution in [3.05, 3.63) is 52.2 Å². The summed E-state index contributed by atoms with van der Waals surface area (Å²) < 4.78 is 11.5. The molecule has 0 aliphatic carbocycles. The van der Waals surface area contributed by atoms with Crippen LogP contribution in [-0.4, -0.2) is 63.9 Å². The first kappa shape index (κ1) is 24.9. The molecule has 1 aromatic carbocycles. The Kier molecular flexibility index (Phi) is 11.5. The Bertz CT molecular complexity index is 751. The topological polar surface area (TPSA) is 58.1 Å². The highest BCUT2D eigenvalue weighted by Crippen LogP contribution is 2.20. The Morgan fingerprint density at radius 2 is 2.00 bits per heavy atom. The van der Waals surface area contributed by atoms with Crippen LogP contribution in [-0.2, 0) is 11.3 Å². The summed E-state index contributed by atoms with van der Waals surface area (Å²) in [5, 5.41) is 8.94. The van der Waals surface area contributed by atoms with Crippen LogP contribution in [0, 0.1) is 0 Å². The van der Waals surface area contributed by atoms with Gasteiger partial charge in [0, 0.05) is 56.1 Å². The van der Waals surface area contributed by atoms with Crippen LogP contribution in [0.25, 0.3) is 0 Å². The van der Waals surface area contributed by atoms with E-state index in [1.54, 1.807) is 18.4 Å². The first-order valence-electron chi connectivity index (χ1n) is 10.2. The average molecular weight is 545 g/mol. The van der Waals surface area contributed by atoms with Crippen LogP contribution in [0.5, 0.6) is 5.75 Å². The third-order valence-electron chi connectivity index (χ3n) is 5.02. The van der Waals surface area contributed by atoms with Crippen molar-refractivity contribution >= 4 is 41.3 Å². The van der Waals surface area contributed by atoms with Gasteiger partial charge in [0.1, 0.15) is 12.4 Å². The molecule has 2 aromatic rings. The number of hydrogen-bond acceptors (Lipinski definition) is 5. The highest BCUT2D eigenvalue weighted by atomic mass is 127. The maximum absolute atomic E-state index is 6.07. The summed E-state index contributed by atoms with van der Waals surface area (Å²) in [6.45, 7) is 8.95. The van der Waals surface area contributed by atoms with E-state index < -0.39 is 0 Å². The Balaban J connectivity index is 0.00000320. The highest BCUT2D eigenvalue weighted by Gasteiger charge is 2.11. The van der Waals surface area contributed by atoms with Gasteiger partial charge in [-0.1, -0.05) is 31.2 Å². The smallest absolute Gasteiger partial charge is 0.191 e. The third-order valence-corrected chi connectivity index (χ3v) is 6.12. The predicted molar refractivity (Wildman–Crippen MR) is 136 cm³/mol. The van der Waals surface area contributed by atoms with Gasteiger partial charge < -0.3 is 20.1 Å². The van der Waals surface area contributed by atoms with Crippen molar-refractivity contribution in [3.8, 4) is 5.75 Å². The zero-order valence-corrected chi connectivity index (χ0v) is 20.9. The highest BCUT2D eigenvalue weighted by molar-refractivity contribution is 14.0. The molecule has 8 heteroatoms. The van der Waals surface area contributed by atoms with Gasteiger partial charge in [-0.3, -0.25) is 9.89 Å². The molecule has 1 aliphatic rings. The molecule has 30 heavy (non-hydrogen) atoms. The first-order chi connectivity index (χ1) is 14.3. The number of ether oxygens (including phenoxy) is 2. The molecule has 1 fully saturated rings. The van der Waals surface area contributed by atoms with Gasteiger partial charge >= 0.3 is 0 Å². The SMILES string of the molecule is CN=C(NCc1ccccc1OCCN1CCOCC1)NCC(C)c1cccs1.I. The lowest BCUT2D eigenvalue weighted by molar-refractivity contribution is 0.0322. The molecule has 1 unspecified atom stereocenters. The number of guanidine groups is 1. The van der Waals surface area contributed by atoms with E-state index in [1.807, 2.05) is 18.2 Å². The summed E-state index contributed by atoms with van der Waals surface area (Å²) >= 11 is 1.79. The average Bonchev–Trinajstić information content (AvgIpc) is 3.30. The second-order valence-electron chi connectivity index (χ2n) is 7.13. The van der Waals surface area contributed by atoms with Crippen LogP contribution in [0.2, 0.25) is 0 Å². The quantitative estimate of drug-likeness (QED) is 0.288. The summed E-state index contributed by atoms with van der Waals surface area (Å²) in [6.07, 6.45) is 0. The van der Waals surface area contributed by atoms with Gasteiger partial charge in [0.2, 0.25) is 0 Å². The normalized spacial score (nSPS) is 15.9. The number of hydrogen-bond donors (Lipinski definition) is 2. The minimum absolute atomic E-state index is 0. The fraction of sp³-hybridized carbons (Fsp3) is 0.500. The Hall–Kier alpha value is -1.36. The molecule has 0 bridgehead atoms. The summed E-state index contributed by atoms with van der Waals surface area (Å²) in [5.41, 5.74) is 1.13. The number of aliphatic imine (C=N–C) groups is 1. The number of thiophene rings is 1. The van der Waals surface area contributed by atoms with Crippen LogP contribution in [0.1, 0.15) is 23.3 Å². The summed E-state index contributed by atoms with van der Waals surface area (Å²) in [6, 6.07) is 12.5. The third kappa shape index (κ3) is 8.05. The van der Waals surface area contributed by atoms with Crippen LogP contribution in [0.4, 0.5) is 0 Å². The Morgan fingerprint density at radius 3 is 2.73 bits per heavy atom. The number of nitrogens with zero attached hydrogens (tertiary/aromatic N) is 2. The zero-order valence-electron chi connectivity index (χ0n) is 17.8. The minimum atomic E-state index is 0. The maximum atomic E-state index is 6.07. The van der Waals surface area contributed by atoms with Crippen molar-refractivity contribution in [2.45, 2.75) is 19.4 Å². The molecule has 1 atom stereocenters. The van der Waals surface area contributed by atoms with Crippen LogP contribution in [0.3, 0.4) is 0 Å². The standard InChI is InChI=1S/C22H32N4O2S.HI/c1-18(21-8-5-15-29-21)16-24-22(23-2)25-17-19-6-3-4-7-20(19)28-14-11-26-9-12-27-13-10-26;/h3-8,15,18H,9-14,16-17H2,1-2H3,(H2,23,24,25);1H. The van der Waals surface area contributed by atoms with Crippen molar-refractivity contribution in [2.75, 3.05) is 53.0 Å². The molecule has 1 aliphatic heterocycles. The van der Waals surface area contributed by atoms with Gasteiger partial charge in [-0.05, 0) is 17.5 Å². The molecular formula is C22H33IN4O2S. The molecule has 0 spiro atoms. The number of benzene rings is 1. The van der Waals surface area contributed by atoms with Gasteiger partial charge in [0.15, 0.2) is 5.96 Å². The monoisotopic (exact) mass is 544 g/mol. The fourth-order valence-corrected chi connectivity index (χ4v) is 4.01. The summed E-state index contributed by atoms with van der Waals surface area (Å²) in [5.74, 6) is 2.18. The summed E-state index contributed by atoms with van der Waals surface area (Å²) in [4.78, 5) is 8.11. The molecule has 0 radical (unpaired) electrons. The predicted octanol–water partition coefficient (Wildman–Crippen LogP) is 3.55. The van der Waals surface area contributed by atoms with E-state index in [0.717, 1.165) is 56.7 Å². The fourth-order valence-electron chi connectivity index (χ4n) is 3.22. The van der Waals surface area contributed by atoms with Crippen molar-refractivity contribution in [2.24, 2.45) is 4.99 Å². The molecule has 0 saturated carbocycles. The van der Waals surface area contributed by atoms with Gasteiger partial charge in [0.25, 0.3) is 0 Å². The molecule has 2 N–H and O–H groups in total. The van der Waals surface area contributed by atoms with Crippen molar-refractivity contribution in [1.82, 2.24) is 15.5 Å². The molecular weight excluding hydrogens is 511 g/mol.